The first-order valence-corrected chi connectivity index (χ1v) is 20.5. The van der Waals surface area contributed by atoms with E-state index in [-0.39, 0.29) is 41.1 Å². The molecule has 0 saturated carbocycles. The van der Waals surface area contributed by atoms with Crippen molar-refractivity contribution in [3.63, 3.8) is 0 Å². The maximum absolute atomic E-state index is 13.1. The third-order valence-electron chi connectivity index (χ3n) is 9.73. The minimum absolute atomic E-state index is 0.000392. The molecule has 12 nitrogen and oxygen atoms in total. The lowest BCUT2D eigenvalue weighted by atomic mass is 9.84. The zero-order valence-corrected chi connectivity index (χ0v) is 33.4. The highest BCUT2D eigenvalue weighted by Crippen LogP contribution is 2.45. The Hall–Kier alpha value is -5.24. The molecule has 0 bridgehead atoms. The summed E-state index contributed by atoms with van der Waals surface area (Å²) in [5, 5.41) is 23.5. The molecule has 0 fully saturated rings. The third kappa shape index (κ3) is 11.0. The summed E-state index contributed by atoms with van der Waals surface area (Å²) in [5.41, 5.74) is 3.88. The van der Waals surface area contributed by atoms with Crippen molar-refractivity contribution in [1.29, 1.82) is 0 Å². The van der Waals surface area contributed by atoms with Gasteiger partial charge in [-0.25, -0.2) is 9.79 Å². The van der Waals surface area contributed by atoms with Gasteiger partial charge in [0.1, 0.15) is 11.5 Å². The lowest BCUT2D eigenvalue weighted by molar-refractivity contribution is -0.465. The Morgan fingerprint density at radius 1 is 0.875 bits per heavy atom. The Bertz CT molecular complexity index is 2110. The van der Waals surface area contributed by atoms with Crippen molar-refractivity contribution in [2.24, 2.45) is 0 Å². The summed E-state index contributed by atoms with van der Waals surface area (Å²) in [4.78, 5) is 33.0. The monoisotopic (exact) mass is 785 g/mol. The van der Waals surface area contributed by atoms with Gasteiger partial charge in [-0.15, -0.1) is 0 Å². The van der Waals surface area contributed by atoms with Crippen LogP contribution in [0.5, 0.6) is 5.75 Å². The van der Waals surface area contributed by atoms with Gasteiger partial charge < -0.3 is 25.2 Å². The number of ether oxygens (including phenoxy) is 1. The van der Waals surface area contributed by atoms with Crippen LogP contribution in [0.3, 0.4) is 0 Å². The summed E-state index contributed by atoms with van der Waals surface area (Å²) in [6, 6.07) is 18.7. The number of carboxylic acid groups (broad SMARTS) is 1. The number of aliphatic hydroxyl groups is 1. The topological polar surface area (TPSA) is 160 Å². The van der Waals surface area contributed by atoms with Gasteiger partial charge in [0, 0.05) is 54.2 Å². The van der Waals surface area contributed by atoms with Gasteiger partial charge in [-0.2, -0.15) is 8.42 Å². The van der Waals surface area contributed by atoms with Crippen LogP contribution in [0.15, 0.2) is 101 Å². The third-order valence-corrected chi connectivity index (χ3v) is 11.1. The molecule has 1 heterocycles. The van der Waals surface area contributed by atoms with E-state index < -0.39 is 22.0 Å². The molecule has 0 saturated heterocycles. The van der Waals surface area contributed by atoms with Crippen LogP contribution in [0.4, 0.5) is 5.69 Å². The number of aromatic carboxylic acids is 1. The molecule has 5 rings (SSSR count). The number of unbranched alkanes of at least 4 members (excludes halogenated alkanes) is 6. The number of likely N-dealkylation sites (N-methyl/N-ethyl adjacent to an activating group) is 1. The maximum atomic E-state index is 13.1. The van der Waals surface area contributed by atoms with Crippen LogP contribution < -0.4 is 19.9 Å². The van der Waals surface area contributed by atoms with Crippen LogP contribution in [0.25, 0.3) is 5.57 Å². The normalized spacial score (nSPS) is 15.2. The molecule has 4 N–H and O–H groups in total. The van der Waals surface area contributed by atoms with E-state index >= 15 is 0 Å². The number of aliphatic hydroxyl groups excluding tert-OH is 1. The van der Waals surface area contributed by atoms with Gasteiger partial charge in [-0.05, 0) is 75.0 Å². The van der Waals surface area contributed by atoms with Crippen molar-refractivity contribution in [3.8, 4) is 5.75 Å². The number of anilines is 1. The van der Waals surface area contributed by atoms with E-state index in [0.29, 0.717) is 36.5 Å². The lowest BCUT2D eigenvalue weighted by Gasteiger charge is -2.31. The summed E-state index contributed by atoms with van der Waals surface area (Å²) in [6.45, 7) is 0.699. The van der Waals surface area contributed by atoms with Crippen LogP contribution in [0.1, 0.15) is 83.2 Å². The van der Waals surface area contributed by atoms with Crippen LogP contribution >= 0.6 is 0 Å². The van der Waals surface area contributed by atoms with Crippen LogP contribution in [-0.4, -0.2) is 95.2 Å². The van der Waals surface area contributed by atoms with E-state index in [0.717, 1.165) is 60.9 Å². The minimum atomic E-state index is -3.71. The predicted octanol–water partition coefficient (Wildman–Crippen LogP) is 5.32. The first-order chi connectivity index (χ1) is 26.9. The number of allylic oxidation sites excluding steroid dienone is 1. The minimum Gasteiger partial charge on any atom is -0.478 e. The Morgan fingerprint density at radius 3 is 2.27 bits per heavy atom. The fourth-order valence-electron chi connectivity index (χ4n) is 6.58. The number of nitrogens with one attached hydrogen (secondary N) is 2. The largest absolute Gasteiger partial charge is 0.478 e. The van der Waals surface area contributed by atoms with Crippen molar-refractivity contribution in [2.75, 3.05) is 52.8 Å². The molecule has 298 valence electrons. The van der Waals surface area contributed by atoms with E-state index in [1.807, 2.05) is 69.5 Å². The number of carboxylic acids is 1. The van der Waals surface area contributed by atoms with Crippen molar-refractivity contribution in [1.82, 2.24) is 10.2 Å². The summed E-state index contributed by atoms with van der Waals surface area (Å²) >= 11 is 0. The molecule has 1 aliphatic carbocycles. The molecule has 13 heteroatoms. The second-order valence-electron chi connectivity index (χ2n) is 14.3. The van der Waals surface area contributed by atoms with Gasteiger partial charge in [0.2, 0.25) is 0 Å². The number of nitrogens with zero attached hydrogens (tertiary/aromatic N) is 2. The number of rotatable bonds is 20. The van der Waals surface area contributed by atoms with E-state index in [4.69, 9.17) is 8.92 Å². The molecular formula is C43H53N4O8S+. The zero-order chi connectivity index (χ0) is 40.2. The predicted molar refractivity (Wildman–Crippen MR) is 218 cm³/mol. The van der Waals surface area contributed by atoms with E-state index in [9.17, 15) is 28.2 Å². The number of benzene rings is 3. The SMILES string of the molecule is CN(C)c1ccc2c(c1)OC1=CC(N(C)C)C=CC1=C2c1ccc(C(=O)NCC[NH+]=C(O)CCCCCCCCCOS(=O)(=O)c2ccccc2)cc1C(=O)O. The fraction of sp³-hybridized carbons (Fsp3) is 0.372. The van der Waals surface area contributed by atoms with Gasteiger partial charge >= 0.3 is 11.9 Å². The number of amides is 1. The summed E-state index contributed by atoms with van der Waals surface area (Å²) in [5.74, 6) is -0.156. The van der Waals surface area contributed by atoms with Gasteiger partial charge in [-0.1, -0.05) is 68.5 Å². The van der Waals surface area contributed by atoms with Crippen LogP contribution in [-0.2, 0) is 14.3 Å². The molecule has 0 radical (unpaired) electrons. The van der Waals surface area contributed by atoms with Gasteiger partial charge in [-0.3, -0.25) is 13.9 Å². The first-order valence-electron chi connectivity index (χ1n) is 19.1. The summed E-state index contributed by atoms with van der Waals surface area (Å²) < 4.78 is 35.8. The van der Waals surface area contributed by atoms with E-state index in [2.05, 4.69) is 15.2 Å². The molecule has 3 aromatic rings. The summed E-state index contributed by atoms with van der Waals surface area (Å²) in [7, 11) is 4.14. The van der Waals surface area contributed by atoms with Crippen LogP contribution in [0, 0.1) is 0 Å². The first kappa shape index (κ1) is 41.9. The highest BCUT2D eigenvalue weighted by Gasteiger charge is 2.30. The Kier molecular flexibility index (Phi) is 14.6. The molecule has 2 aliphatic rings. The van der Waals surface area contributed by atoms with Crippen molar-refractivity contribution < 1.29 is 42.1 Å². The zero-order valence-electron chi connectivity index (χ0n) is 32.6. The molecule has 0 aromatic heterocycles. The highest BCUT2D eigenvalue weighted by atomic mass is 32.2. The Morgan fingerprint density at radius 2 is 1.57 bits per heavy atom. The van der Waals surface area contributed by atoms with Gasteiger partial charge in [0.05, 0.1) is 30.0 Å². The number of carbonyl (C=O) groups excluding carboxylic acids is 1. The van der Waals surface area contributed by atoms with Crippen molar-refractivity contribution in [3.05, 3.63) is 119 Å². The van der Waals surface area contributed by atoms with Crippen LogP contribution in [0.2, 0.25) is 0 Å². The number of fused-ring (bicyclic) bond motifs is 2. The molecule has 1 aliphatic heterocycles. The average molecular weight is 786 g/mol. The van der Waals surface area contributed by atoms with Gasteiger partial charge in [0.15, 0.2) is 6.54 Å². The molecule has 56 heavy (non-hydrogen) atoms. The number of hydrogen-bond donors (Lipinski definition) is 4. The van der Waals surface area contributed by atoms with Crippen molar-refractivity contribution in [2.45, 2.75) is 62.3 Å². The molecule has 1 unspecified atom stereocenters. The molecule has 0 spiro atoms. The Balaban J connectivity index is 1.09. The number of carbonyl (C=O) groups is 2. The molecular weight excluding hydrogens is 733 g/mol. The maximum Gasteiger partial charge on any atom is 0.336 e. The average Bonchev–Trinajstić information content (AvgIpc) is 3.18. The fourth-order valence-corrected chi connectivity index (χ4v) is 7.55. The van der Waals surface area contributed by atoms with E-state index in [1.165, 1.54) is 18.2 Å². The van der Waals surface area contributed by atoms with E-state index in [1.54, 1.807) is 30.3 Å². The van der Waals surface area contributed by atoms with Crippen molar-refractivity contribution >= 4 is 39.2 Å². The second-order valence-corrected chi connectivity index (χ2v) is 15.9. The number of hydrogen-bond acceptors (Lipinski definition) is 8. The molecule has 1 atom stereocenters. The van der Waals surface area contributed by atoms with Gasteiger partial charge in [0.25, 0.3) is 16.0 Å². The second kappa shape index (κ2) is 19.6. The molecule has 3 aromatic carbocycles. The summed E-state index contributed by atoms with van der Waals surface area (Å²) in [6.07, 6.45) is 12.8. The molecule has 1 amide bonds. The smallest absolute Gasteiger partial charge is 0.336 e. The standard InChI is InChI=1S/C43H52N4O8S/c1-46(2)31-19-22-35-38(28-31)55-39-29-32(47(3)4)20-23-36(39)41(35)34-21-18-30(27-37(34)43(50)51)42(49)45-25-24-44-40(48)17-13-8-6-5-7-9-14-26-54-56(52,53)33-15-11-10-12-16-33/h10-12,15-16,18-23,27-29,31H,5-9,13-14,17,24-26H2,1-4H3,(H,44,48)(H,45,49)(H,50,51)/p+1. The lowest BCUT2D eigenvalue weighted by Crippen LogP contribution is -2.75. The Labute approximate surface area is 330 Å². The quantitative estimate of drug-likeness (QED) is 0.0511. The highest BCUT2D eigenvalue weighted by molar-refractivity contribution is 7.86.